The minimum absolute atomic E-state index is 0.664. The van der Waals surface area contributed by atoms with Crippen LogP contribution in [-0.4, -0.2) is 11.5 Å². The van der Waals surface area contributed by atoms with Crippen molar-refractivity contribution in [2.75, 3.05) is 6.54 Å². The largest absolute Gasteiger partial charge is 0.455 e. The molecule has 0 saturated heterocycles. The number of aromatic nitrogens is 1. The molecule has 1 N–H and O–H groups in total. The van der Waals surface area contributed by atoms with Crippen molar-refractivity contribution in [2.45, 2.75) is 20.4 Å². The van der Waals surface area contributed by atoms with E-state index in [1.165, 1.54) is 0 Å². The fourth-order valence-corrected chi connectivity index (χ4v) is 1.89. The van der Waals surface area contributed by atoms with E-state index in [0.29, 0.717) is 5.02 Å². The van der Waals surface area contributed by atoms with E-state index in [1.807, 2.05) is 37.3 Å². The van der Waals surface area contributed by atoms with Gasteiger partial charge in [-0.25, -0.2) is 0 Å². The van der Waals surface area contributed by atoms with E-state index in [0.717, 1.165) is 35.8 Å². The van der Waals surface area contributed by atoms with Crippen LogP contribution in [0.5, 0.6) is 11.5 Å². The van der Waals surface area contributed by atoms with Gasteiger partial charge in [-0.15, -0.1) is 0 Å². The molecule has 0 bridgehead atoms. The molecule has 100 valence electrons. The lowest BCUT2D eigenvalue weighted by Gasteiger charge is -2.13. The second kappa shape index (κ2) is 6.55. The van der Waals surface area contributed by atoms with Crippen LogP contribution in [0.25, 0.3) is 0 Å². The lowest BCUT2D eigenvalue weighted by Crippen LogP contribution is -2.12. The maximum absolute atomic E-state index is 6.04. The van der Waals surface area contributed by atoms with E-state index in [-0.39, 0.29) is 0 Å². The third kappa shape index (κ3) is 3.69. The van der Waals surface area contributed by atoms with Crippen LogP contribution in [0.2, 0.25) is 5.02 Å². The number of rotatable bonds is 5. The highest BCUT2D eigenvalue weighted by molar-refractivity contribution is 6.30. The van der Waals surface area contributed by atoms with E-state index in [2.05, 4.69) is 17.2 Å². The summed E-state index contributed by atoms with van der Waals surface area (Å²) in [6.07, 6.45) is 1.75. The van der Waals surface area contributed by atoms with Gasteiger partial charge in [0.05, 0.1) is 5.69 Å². The number of nitrogens with zero attached hydrogens (tertiary/aromatic N) is 1. The van der Waals surface area contributed by atoms with Crippen LogP contribution in [0.3, 0.4) is 0 Å². The van der Waals surface area contributed by atoms with Crippen molar-refractivity contribution < 1.29 is 4.74 Å². The molecule has 0 aliphatic rings. The number of nitrogens with one attached hydrogen (secondary N) is 1. The Hall–Kier alpha value is -1.58. The molecule has 0 aliphatic carbocycles. The summed E-state index contributed by atoms with van der Waals surface area (Å²) in [5.41, 5.74) is 1.94. The molecule has 0 saturated carbocycles. The number of halogens is 1. The summed E-state index contributed by atoms with van der Waals surface area (Å²) in [5.74, 6) is 1.52. The molecule has 0 unspecified atom stereocenters. The van der Waals surface area contributed by atoms with Gasteiger partial charge < -0.3 is 10.1 Å². The molecule has 19 heavy (non-hydrogen) atoms. The van der Waals surface area contributed by atoms with Crippen molar-refractivity contribution in [1.82, 2.24) is 10.3 Å². The molecule has 0 radical (unpaired) electrons. The van der Waals surface area contributed by atoms with Gasteiger partial charge in [0, 0.05) is 23.3 Å². The van der Waals surface area contributed by atoms with Gasteiger partial charge in [0.2, 0.25) is 0 Å². The molecule has 0 atom stereocenters. The number of hydrogen-bond donors (Lipinski definition) is 1. The molecule has 3 nitrogen and oxygen atoms in total. The molecule has 1 aromatic heterocycles. The Morgan fingerprint density at radius 2 is 2.11 bits per heavy atom. The first-order chi connectivity index (χ1) is 9.20. The second-order valence-electron chi connectivity index (χ2n) is 4.22. The van der Waals surface area contributed by atoms with Crippen LogP contribution in [0, 0.1) is 6.92 Å². The number of aryl methyl sites for hydroxylation is 1. The second-order valence-corrected chi connectivity index (χ2v) is 4.66. The first kappa shape index (κ1) is 13.8. The van der Waals surface area contributed by atoms with Gasteiger partial charge in [-0.2, -0.15) is 0 Å². The van der Waals surface area contributed by atoms with Crippen LogP contribution < -0.4 is 10.1 Å². The quantitative estimate of drug-likeness (QED) is 0.898. The zero-order valence-electron chi connectivity index (χ0n) is 11.1. The van der Waals surface area contributed by atoms with Gasteiger partial charge in [-0.1, -0.05) is 24.6 Å². The van der Waals surface area contributed by atoms with Crippen LogP contribution in [0.4, 0.5) is 0 Å². The summed E-state index contributed by atoms with van der Waals surface area (Å²) in [4.78, 5) is 4.22. The van der Waals surface area contributed by atoms with Crippen LogP contribution in [0.15, 0.2) is 36.5 Å². The molecule has 4 heteroatoms. The molecular weight excluding hydrogens is 260 g/mol. The van der Waals surface area contributed by atoms with Gasteiger partial charge in [0.1, 0.15) is 11.5 Å². The number of pyridine rings is 1. The monoisotopic (exact) mass is 276 g/mol. The Balaban J connectivity index is 2.27. The van der Waals surface area contributed by atoms with Crippen LogP contribution >= 0.6 is 11.6 Å². The molecule has 1 heterocycles. The molecular formula is C15H17ClN2O. The van der Waals surface area contributed by atoms with Crippen molar-refractivity contribution in [2.24, 2.45) is 0 Å². The summed E-state index contributed by atoms with van der Waals surface area (Å²) in [7, 11) is 0. The van der Waals surface area contributed by atoms with Crippen molar-refractivity contribution >= 4 is 11.6 Å². The Labute approximate surface area is 118 Å². The SMILES string of the molecule is CCNCc1ccc(Cl)cc1Oc1cccnc1C. The minimum atomic E-state index is 0.664. The smallest absolute Gasteiger partial charge is 0.148 e. The van der Waals surface area contributed by atoms with E-state index >= 15 is 0 Å². The topological polar surface area (TPSA) is 34.1 Å². The van der Waals surface area contributed by atoms with Gasteiger partial charge in [0.15, 0.2) is 0 Å². The van der Waals surface area contributed by atoms with Crippen LogP contribution in [-0.2, 0) is 6.54 Å². The lowest BCUT2D eigenvalue weighted by molar-refractivity contribution is 0.467. The average molecular weight is 277 g/mol. The molecule has 2 aromatic rings. The first-order valence-corrected chi connectivity index (χ1v) is 6.67. The fourth-order valence-electron chi connectivity index (χ4n) is 1.72. The highest BCUT2D eigenvalue weighted by Crippen LogP contribution is 2.29. The first-order valence-electron chi connectivity index (χ1n) is 6.29. The van der Waals surface area contributed by atoms with Crippen molar-refractivity contribution in [3.63, 3.8) is 0 Å². The number of benzene rings is 1. The molecule has 1 aromatic carbocycles. The van der Waals surface area contributed by atoms with Crippen molar-refractivity contribution in [1.29, 1.82) is 0 Å². The fraction of sp³-hybridized carbons (Fsp3) is 0.267. The Morgan fingerprint density at radius 1 is 1.26 bits per heavy atom. The van der Waals surface area contributed by atoms with Gasteiger partial charge in [-0.05, 0) is 37.7 Å². The van der Waals surface area contributed by atoms with E-state index < -0.39 is 0 Å². The summed E-state index contributed by atoms with van der Waals surface area (Å²) in [6.45, 7) is 5.65. The zero-order valence-corrected chi connectivity index (χ0v) is 11.9. The predicted octanol–water partition coefficient (Wildman–Crippen LogP) is 3.95. The molecule has 2 rings (SSSR count). The maximum atomic E-state index is 6.04. The molecule has 0 aliphatic heterocycles. The molecule has 0 amide bonds. The Morgan fingerprint density at radius 3 is 2.84 bits per heavy atom. The normalized spacial score (nSPS) is 10.5. The Bertz CT molecular complexity index is 558. The maximum Gasteiger partial charge on any atom is 0.148 e. The average Bonchev–Trinajstić information content (AvgIpc) is 2.40. The van der Waals surface area contributed by atoms with Gasteiger partial charge in [0.25, 0.3) is 0 Å². The van der Waals surface area contributed by atoms with E-state index in [9.17, 15) is 0 Å². The zero-order chi connectivity index (χ0) is 13.7. The van der Waals surface area contributed by atoms with E-state index in [1.54, 1.807) is 6.20 Å². The van der Waals surface area contributed by atoms with Crippen LogP contribution in [0.1, 0.15) is 18.2 Å². The summed E-state index contributed by atoms with van der Waals surface area (Å²) in [5, 5.41) is 3.95. The number of ether oxygens (including phenoxy) is 1. The highest BCUT2D eigenvalue weighted by Gasteiger charge is 2.07. The standard InChI is InChI=1S/C15H17ClN2O/c1-3-17-10-12-6-7-13(16)9-15(12)19-14-5-4-8-18-11(14)2/h4-9,17H,3,10H2,1-2H3. The third-order valence-corrected chi connectivity index (χ3v) is 3.01. The van der Waals surface area contributed by atoms with Gasteiger partial charge in [-0.3, -0.25) is 4.98 Å². The van der Waals surface area contributed by atoms with Crippen molar-refractivity contribution in [3.05, 3.63) is 52.8 Å². The van der Waals surface area contributed by atoms with Gasteiger partial charge >= 0.3 is 0 Å². The molecule has 0 spiro atoms. The van der Waals surface area contributed by atoms with E-state index in [4.69, 9.17) is 16.3 Å². The summed E-state index contributed by atoms with van der Waals surface area (Å²) < 4.78 is 5.93. The number of hydrogen-bond acceptors (Lipinski definition) is 3. The third-order valence-electron chi connectivity index (χ3n) is 2.77. The minimum Gasteiger partial charge on any atom is -0.455 e. The summed E-state index contributed by atoms with van der Waals surface area (Å²) >= 11 is 6.04. The predicted molar refractivity (Wildman–Crippen MR) is 77.9 cm³/mol. The lowest BCUT2D eigenvalue weighted by atomic mass is 10.2. The highest BCUT2D eigenvalue weighted by atomic mass is 35.5. The van der Waals surface area contributed by atoms with Crippen molar-refractivity contribution in [3.8, 4) is 11.5 Å². The Kier molecular flexibility index (Phi) is 4.77. The summed E-state index contributed by atoms with van der Waals surface area (Å²) in [6, 6.07) is 9.45. The molecule has 0 fully saturated rings.